The van der Waals surface area contributed by atoms with Gasteiger partial charge in [-0.25, -0.2) is 14.6 Å². The average molecular weight is 565 g/mol. The molecule has 3 aliphatic heterocycles. The van der Waals surface area contributed by atoms with Crippen LogP contribution in [0.25, 0.3) is 11.3 Å². The minimum atomic E-state index is -0.566. The van der Waals surface area contributed by atoms with Crippen LogP contribution in [0.5, 0.6) is 5.75 Å². The summed E-state index contributed by atoms with van der Waals surface area (Å²) in [6.07, 6.45) is 4.78. The van der Waals surface area contributed by atoms with Gasteiger partial charge in [0.05, 0.1) is 18.0 Å². The third-order valence-corrected chi connectivity index (χ3v) is 9.13. The van der Waals surface area contributed by atoms with Gasteiger partial charge in [-0.05, 0) is 78.4 Å². The van der Waals surface area contributed by atoms with E-state index in [1.54, 1.807) is 0 Å². The maximum atomic E-state index is 13.0. The number of ether oxygens (including phenoxy) is 3. The number of likely N-dealkylation sites (tertiary alicyclic amines) is 2. The third-order valence-electron chi connectivity index (χ3n) is 9.13. The van der Waals surface area contributed by atoms with Crippen molar-refractivity contribution in [3.05, 3.63) is 35.8 Å². The molecule has 1 atom stereocenters. The zero-order valence-electron chi connectivity index (χ0n) is 25.4. The Morgan fingerprint density at radius 2 is 1.76 bits per heavy atom. The molecule has 2 aromatic rings. The summed E-state index contributed by atoms with van der Waals surface area (Å²) in [7, 11) is 2.10. The summed E-state index contributed by atoms with van der Waals surface area (Å²) in [6.45, 7) is 12.2. The minimum Gasteiger partial charge on any atom is -0.480 e. The van der Waals surface area contributed by atoms with Crippen molar-refractivity contribution in [1.82, 2.24) is 19.4 Å². The van der Waals surface area contributed by atoms with E-state index in [1.165, 1.54) is 0 Å². The number of imidazole rings is 1. The zero-order valence-corrected chi connectivity index (χ0v) is 25.4. The van der Waals surface area contributed by atoms with E-state index in [1.807, 2.05) is 48.8 Å². The van der Waals surface area contributed by atoms with E-state index in [2.05, 4.69) is 31.5 Å². The largest absolute Gasteiger partial charge is 0.480 e. The summed E-state index contributed by atoms with van der Waals surface area (Å²) >= 11 is 0. The summed E-state index contributed by atoms with van der Waals surface area (Å²) in [5.41, 5.74) is 1.59. The molecule has 4 heterocycles. The molecular weight excluding hydrogens is 520 g/mol. The number of piperidine rings is 2. The van der Waals surface area contributed by atoms with E-state index in [4.69, 9.17) is 19.2 Å². The van der Waals surface area contributed by atoms with E-state index in [9.17, 15) is 9.59 Å². The van der Waals surface area contributed by atoms with Crippen LogP contribution in [0.1, 0.15) is 90.6 Å². The predicted octanol–water partition coefficient (Wildman–Crippen LogP) is 6.21. The molecule has 2 amide bonds. The maximum Gasteiger partial charge on any atom is 0.410 e. The molecule has 0 unspecified atom stereocenters. The fraction of sp³-hybridized carbons (Fsp3) is 0.656. The van der Waals surface area contributed by atoms with Gasteiger partial charge in [-0.2, -0.15) is 0 Å². The quantitative estimate of drug-likeness (QED) is 0.441. The highest BCUT2D eigenvalue weighted by molar-refractivity contribution is 5.74. The van der Waals surface area contributed by atoms with Gasteiger partial charge in [-0.15, -0.1) is 0 Å². The van der Waals surface area contributed by atoms with Crippen molar-refractivity contribution in [2.24, 2.45) is 13.0 Å². The fourth-order valence-corrected chi connectivity index (χ4v) is 6.83. The Morgan fingerprint density at radius 1 is 1.05 bits per heavy atom. The molecule has 222 valence electrons. The van der Waals surface area contributed by atoms with Crippen LogP contribution in [0.15, 0.2) is 24.3 Å². The summed E-state index contributed by atoms with van der Waals surface area (Å²) < 4.78 is 20.4. The van der Waals surface area contributed by atoms with Gasteiger partial charge in [0.25, 0.3) is 0 Å². The molecule has 41 heavy (non-hydrogen) atoms. The Balaban J connectivity index is 1.27. The Morgan fingerprint density at radius 3 is 2.41 bits per heavy atom. The van der Waals surface area contributed by atoms with Crippen LogP contribution in [-0.4, -0.2) is 68.9 Å². The lowest BCUT2D eigenvalue weighted by atomic mass is 9.82. The monoisotopic (exact) mass is 564 g/mol. The molecular formula is C32H44N4O5. The van der Waals surface area contributed by atoms with Crippen LogP contribution < -0.4 is 4.74 Å². The lowest BCUT2D eigenvalue weighted by molar-refractivity contribution is -0.0119. The lowest BCUT2D eigenvalue weighted by Crippen LogP contribution is -2.54. The van der Waals surface area contributed by atoms with E-state index >= 15 is 0 Å². The Bertz CT molecular complexity index is 1330. The van der Waals surface area contributed by atoms with Crippen LogP contribution in [-0.2, 0) is 22.1 Å². The molecule has 1 aromatic carbocycles. The molecule has 9 nitrogen and oxygen atoms in total. The first-order chi connectivity index (χ1) is 19.4. The van der Waals surface area contributed by atoms with Gasteiger partial charge in [0.2, 0.25) is 0 Å². The highest BCUT2D eigenvalue weighted by Gasteiger charge is 2.49. The van der Waals surface area contributed by atoms with Crippen LogP contribution in [0, 0.1) is 5.92 Å². The molecule has 6 rings (SSSR count). The number of carbonyl (C=O) groups is 2. The molecule has 1 saturated carbocycles. The molecule has 9 heteroatoms. The van der Waals surface area contributed by atoms with E-state index < -0.39 is 11.2 Å². The minimum absolute atomic E-state index is 0.181. The van der Waals surface area contributed by atoms with Crippen molar-refractivity contribution in [2.45, 2.75) is 95.8 Å². The number of aromatic nitrogens is 2. The molecule has 0 bridgehead atoms. The zero-order chi connectivity index (χ0) is 29.2. The van der Waals surface area contributed by atoms with E-state index in [-0.39, 0.29) is 23.6 Å². The van der Waals surface area contributed by atoms with Crippen molar-refractivity contribution in [1.29, 1.82) is 0 Å². The second-order valence-electron chi connectivity index (χ2n) is 14.0. The third kappa shape index (κ3) is 5.28. The number of para-hydroxylation sites is 1. The van der Waals surface area contributed by atoms with Crippen LogP contribution in [0.4, 0.5) is 9.59 Å². The number of hydrogen-bond acceptors (Lipinski definition) is 6. The molecule has 1 spiro atoms. The number of nitrogens with zero attached hydrogens (tertiary/aromatic N) is 4. The summed E-state index contributed by atoms with van der Waals surface area (Å²) in [4.78, 5) is 34.8. The lowest BCUT2D eigenvalue weighted by Gasteiger charge is -2.45. The van der Waals surface area contributed by atoms with Crippen LogP contribution >= 0.6 is 0 Å². The summed E-state index contributed by atoms with van der Waals surface area (Å²) in [6, 6.07) is 8.13. The van der Waals surface area contributed by atoms with Crippen molar-refractivity contribution >= 4 is 12.2 Å². The second kappa shape index (κ2) is 9.95. The smallest absolute Gasteiger partial charge is 0.410 e. The number of benzene rings is 1. The van der Waals surface area contributed by atoms with Crippen LogP contribution in [0.2, 0.25) is 0 Å². The molecule has 1 aliphatic carbocycles. The topological polar surface area (TPSA) is 86.1 Å². The Kier molecular flexibility index (Phi) is 6.77. The molecule has 2 saturated heterocycles. The van der Waals surface area contributed by atoms with Gasteiger partial charge in [0.15, 0.2) is 5.60 Å². The summed E-state index contributed by atoms with van der Waals surface area (Å²) in [5, 5.41) is 0. The van der Waals surface area contributed by atoms with Gasteiger partial charge < -0.3 is 28.6 Å². The second-order valence-corrected chi connectivity index (χ2v) is 14.0. The standard InChI is InChI=1S/C32H44N4O5/c1-30(2,3)41-29(38)36-16-13-22(19-31(36,4)5)27-33-25-23-9-7-8-10-24(23)40-32(26(25)34(27)6)14-17-35(18-15-32)28(37)39-20-21-11-12-21/h7-10,21-22H,11-20H2,1-6H3/t22-/m1/s1. The van der Waals surface area contributed by atoms with Crippen molar-refractivity contribution < 1.29 is 23.8 Å². The van der Waals surface area contributed by atoms with Crippen LogP contribution in [0.3, 0.4) is 0 Å². The summed E-state index contributed by atoms with van der Waals surface area (Å²) in [5.74, 6) is 2.60. The average Bonchev–Trinajstić information content (AvgIpc) is 3.66. The molecule has 0 N–H and O–H groups in total. The van der Waals surface area contributed by atoms with Gasteiger partial charge >= 0.3 is 12.2 Å². The van der Waals surface area contributed by atoms with E-state index in [0.29, 0.717) is 45.0 Å². The first-order valence-corrected chi connectivity index (χ1v) is 15.1. The number of fused-ring (bicyclic) bond motifs is 4. The number of amides is 2. The SMILES string of the molecule is Cn1c([C@@H]2CCN(C(=O)OC(C)(C)C)C(C)(C)C2)nc2c1C1(CCN(C(=O)OCC3CC3)CC1)Oc1ccccc1-2. The van der Waals surface area contributed by atoms with Gasteiger partial charge in [0.1, 0.15) is 17.2 Å². The predicted molar refractivity (Wildman–Crippen MR) is 155 cm³/mol. The number of hydrogen-bond donors (Lipinski definition) is 0. The van der Waals surface area contributed by atoms with Gasteiger partial charge in [-0.3, -0.25) is 0 Å². The van der Waals surface area contributed by atoms with Gasteiger partial charge in [0, 0.05) is 56.5 Å². The first kappa shape index (κ1) is 27.9. The highest BCUT2D eigenvalue weighted by Crippen LogP contribution is 2.51. The molecule has 1 aromatic heterocycles. The highest BCUT2D eigenvalue weighted by atomic mass is 16.6. The number of carbonyl (C=O) groups excluding carboxylic acids is 2. The molecule has 0 radical (unpaired) electrons. The first-order valence-electron chi connectivity index (χ1n) is 15.1. The molecule has 3 fully saturated rings. The van der Waals surface area contributed by atoms with Gasteiger partial charge in [-0.1, -0.05) is 12.1 Å². The maximum absolute atomic E-state index is 13.0. The Labute approximate surface area is 243 Å². The van der Waals surface area contributed by atoms with Crippen molar-refractivity contribution in [3.63, 3.8) is 0 Å². The molecule has 4 aliphatic rings. The van der Waals surface area contributed by atoms with Crippen molar-refractivity contribution in [2.75, 3.05) is 26.2 Å². The Hall–Kier alpha value is -3.23. The fourth-order valence-electron chi connectivity index (χ4n) is 6.83. The van der Waals surface area contributed by atoms with Crippen molar-refractivity contribution in [3.8, 4) is 17.0 Å². The normalized spacial score (nSPS) is 22.9. The number of rotatable bonds is 3. The van der Waals surface area contributed by atoms with E-state index in [0.717, 1.165) is 54.2 Å².